The smallest absolute Gasteiger partial charge is 0.242 e. The Labute approximate surface area is 102 Å². The third kappa shape index (κ3) is 3.99. The van der Waals surface area contributed by atoms with E-state index in [0.717, 1.165) is 6.42 Å². The summed E-state index contributed by atoms with van der Waals surface area (Å²) in [5, 5.41) is 3.08. The fourth-order valence-corrected chi connectivity index (χ4v) is 2.66. The molecule has 0 aromatic heterocycles. The lowest BCUT2D eigenvalue weighted by Gasteiger charge is -2.12. The number of anilines is 1. The van der Waals surface area contributed by atoms with E-state index in [4.69, 9.17) is 5.73 Å². The summed E-state index contributed by atoms with van der Waals surface area (Å²) in [7, 11) is -3.42. The van der Waals surface area contributed by atoms with E-state index in [1.54, 1.807) is 31.2 Å². The van der Waals surface area contributed by atoms with E-state index in [1.807, 2.05) is 0 Å². The molecule has 96 valence electrons. The van der Waals surface area contributed by atoms with Gasteiger partial charge in [0.1, 0.15) is 4.90 Å². The maximum Gasteiger partial charge on any atom is 0.242 e. The number of benzene rings is 1. The van der Waals surface area contributed by atoms with Gasteiger partial charge >= 0.3 is 0 Å². The summed E-state index contributed by atoms with van der Waals surface area (Å²) in [6.45, 7) is 3.37. The fourth-order valence-electron chi connectivity index (χ4n) is 1.44. The molecule has 17 heavy (non-hydrogen) atoms. The fraction of sp³-hybridized carbons (Fsp3) is 0.455. The van der Waals surface area contributed by atoms with Crippen molar-refractivity contribution in [3.05, 3.63) is 24.3 Å². The Bertz CT molecular complexity index is 446. The molecule has 1 aromatic rings. The van der Waals surface area contributed by atoms with Gasteiger partial charge in [-0.15, -0.1) is 0 Å². The highest BCUT2D eigenvalue weighted by atomic mass is 32.2. The topological polar surface area (TPSA) is 84.2 Å². The predicted octanol–water partition coefficient (Wildman–Crippen LogP) is 0.745. The van der Waals surface area contributed by atoms with E-state index in [0.29, 0.717) is 25.3 Å². The molecule has 0 radical (unpaired) electrons. The van der Waals surface area contributed by atoms with Crippen LogP contribution in [-0.4, -0.2) is 28.1 Å². The van der Waals surface area contributed by atoms with Crippen LogP contribution >= 0.6 is 0 Å². The summed E-state index contributed by atoms with van der Waals surface area (Å²) in [6, 6.07) is 6.84. The summed E-state index contributed by atoms with van der Waals surface area (Å²) >= 11 is 0. The lowest BCUT2D eigenvalue weighted by molar-refractivity contribution is 0.584. The van der Waals surface area contributed by atoms with E-state index in [2.05, 4.69) is 10.0 Å². The third-order valence-corrected chi connectivity index (χ3v) is 3.81. The van der Waals surface area contributed by atoms with Crippen molar-refractivity contribution in [1.82, 2.24) is 4.72 Å². The van der Waals surface area contributed by atoms with Crippen LogP contribution in [0.2, 0.25) is 0 Å². The average Bonchev–Trinajstić information content (AvgIpc) is 2.30. The van der Waals surface area contributed by atoms with Crippen LogP contribution in [0.3, 0.4) is 0 Å². The summed E-state index contributed by atoms with van der Waals surface area (Å²) in [6.07, 6.45) is 0.801. The van der Waals surface area contributed by atoms with Crippen molar-refractivity contribution in [2.45, 2.75) is 18.2 Å². The van der Waals surface area contributed by atoms with E-state index in [1.165, 1.54) is 0 Å². The normalized spacial score (nSPS) is 11.4. The SMILES string of the molecule is CCNS(=O)(=O)c1ccccc1NCCCN. The van der Waals surface area contributed by atoms with Crippen LogP contribution in [0.4, 0.5) is 5.69 Å². The zero-order valence-electron chi connectivity index (χ0n) is 9.94. The Morgan fingerprint density at radius 1 is 1.29 bits per heavy atom. The minimum absolute atomic E-state index is 0.277. The second-order valence-corrected chi connectivity index (χ2v) is 5.30. The van der Waals surface area contributed by atoms with Gasteiger partial charge in [0.2, 0.25) is 10.0 Å². The first-order valence-corrected chi connectivity index (χ1v) is 7.12. The van der Waals surface area contributed by atoms with Crippen molar-refractivity contribution >= 4 is 15.7 Å². The highest BCUT2D eigenvalue weighted by molar-refractivity contribution is 7.89. The van der Waals surface area contributed by atoms with Crippen molar-refractivity contribution in [2.75, 3.05) is 25.0 Å². The predicted molar refractivity (Wildman–Crippen MR) is 69.5 cm³/mol. The molecule has 0 aliphatic carbocycles. The second kappa shape index (κ2) is 6.58. The molecule has 0 saturated heterocycles. The highest BCUT2D eigenvalue weighted by Gasteiger charge is 2.16. The van der Waals surface area contributed by atoms with E-state index in [9.17, 15) is 8.42 Å². The van der Waals surface area contributed by atoms with Crippen LogP contribution in [0.1, 0.15) is 13.3 Å². The molecule has 0 amide bonds. The van der Waals surface area contributed by atoms with Crippen molar-refractivity contribution in [1.29, 1.82) is 0 Å². The van der Waals surface area contributed by atoms with Gasteiger partial charge in [-0.05, 0) is 25.1 Å². The minimum atomic E-state index is -3.42. The molecule has 0 fully saturated rings. The molecular weight excluding hydrogens is 238 g/mol. The van der Waals surface area contributed by atoms with Gasteiger partial charge < -0.3 is 11.1 Å². The molecule has 0 atom stereocenters. The molecule has 0 heterocycles. The van der Waals surface area contributed by atoms with E-state index < -0.39 is 10.0 Å². The molecule has 0 bridgehead atoms. The number of sulfonamides is 1. The van der Waals surface area contributed by atoms with Crippen molar-refractivity contribution in [2.24, 2.45) is 5.73 Å². The van der Waals surface area contributed by atoms with Gasteiger partial charge in [0.15, 0.2) is 0 Å². The van der Waals surface area contributed by atoms with Gasteiger partial charge in [-0.3, -0.25) is 0 Å². The van der Waals surface area contributed by atoms with Crippen LogP contribution in [0, 0.1) is 0 Å². The van der Waals surface area contributed by atoms with Crippen LogP contribution in [0.5, 0.6) is 0 Å². The van der Waals surface area contributed by atoms with E-state index >= 15 is 0 Å². The maximum atomic E-state index is 11.9. The van der Waals surface area contributed by atoms with Gasteiger partial charge in [-0.25, -0.2) is 13.1 Å². The van der Waals surface area contributed by atoms with Crippen molar-refractivity contribution < 1.29 is 8.42 Å². The summed E-state index contributed by atoms with van der Waals surface area (Å²) in [5.41, 5.74) is 6.01. The Hall–Kier alpha value is -1.11. The number of nitrogens with two attached hydrogens (primary N) is 1. The Balaban J connectivity index is 2.91. The Morgan fingerprint density at radius 2 is 2.00 bits per heavy atom. The highest BCUT2D eigenvalue weighted by Crippen LogP contribution is 2.20. The van der Waals surface area contributed by atoms with Gasteiger partial charge in [0.25, 0.3) is 0 Å². The molecular formula is C11H19N3O2S. The zero-order chi connectivity index (χ0) is 12.7. The number of para-hydroxylation sites is 1. The van der Waals surface area contributed by atoms with Crippen LogP contribution < -0.4 is 15.8 Å². The molecule has 5 nitrogen and oxygen atoms in total. The quantitative estimate of drug-likeness (QED) is 0.629. The number of hydrogen-bond acceptors (Lipinski definition) is 4. The average molecular weight is 257 g/mol. The second-order valence-electron chi connectivity index (χ2n) is 3.57. The minimum Gasteiger partial charge on any atom is -0.384 e. The number of nitrogens with one attached hydrogen (secondary N) is 2. The number of hydrogen-bond donors (Lipinski definition) is 3. The first kappa shape index (κ1) is 14.0. The molecule has 1 rings (SSSR count). The summed E-state index contributed by atoms with van der Waals surface area (Å²) in [4.78, 5) is 0.277. The van der Waals surface area contributed by atoms with E-state index in [-0.39, 0.29) is 4.90 Å². The molecule has 0 spiro atoms. The summed E-state index contributed by atoms with van der Waals surface area (Å²) in [5.74, 6) is 0. The van der Waals surface area contributed by atoms with Crippen molar-refractivity contribution in [3.8, 4) is 0 Å². The zero-order valence-corrected chi connectivity index (χ0v) is 10.8. The third-order valence-electron chi connectivity index (χ3n) is 2.21. The first-order valence-electron chi connectivity index (χ1n) is 5.64. The monoisotopic (exact) mass is 257 g/mol. The van der Waals surface area contributed by atoms with Gasteiger partial charge in [0, 0.05) is 13.1 Å². The lowest BCUT2D eigenvalue weighted by Crippen LogP contribution is -2.24. The molecule has 4 N–H and O–H groups in total. The molecule has 0 aliphatic heterocycles. The molecule has 1 aromatic carbocycles. The number of rotatable bonds is 7. The molecule has 0 unspecified atom stereocenters. The van der Waals surface area contributed by atoms with Gasteiger partial charge in [-0.1, -0.05) is 19.1 Å². The van der Waals surface area contributed by atoms with Crippen LogP contribution in [0.15, 0.2) is 29.2 Å². The molecule has 6 heteroatoms. The first-order chi connectivity index (χ1) is 8.11. The lowest BCUT2D eigenvalue weighted by atomic mass is 10.3. The van der Waals surface area contributed by atoms with Crippen LogP contribution in [0.25, 0.3) is 0 Å². The molecule has 0 saturated carbocycles. The van der Waals surface area contributed by atoms with Gasteiger partial charge in [-0.2, -0.15) is 0 Å². The molecule has 0 aliphatic rings. The summed E-state index contributed by atoms with van der Waals surface area (Å²) < 4.78 is 26.3. The van der Waals surface area contributed by atoms with Crippen LogP contribution in [-0.2, 0) is 10.0 Å². The largest absolute Gasteiger partial charge is 0.384 e. The van der Waals surface area contributed by atoms with Gasteiger partial charge in [0.05, 0.1) is 5.69 Å². The standard InChI is InChI=1S/C11H19N3O2S/c1-2-14-17(15,16)11-7-4-3-6-10(11)13-9-5-8-12/h3-4,6-7,13-14H,2,5,8-9,12H2,1H3. The Kier molecular flexibility index (Phi) is 5.40. The Morgan fingerprint density at radius 3 is 2.65 bits per heavy atom. The van der Waals surface area contributed by atoms with Crippen molar-refractivity contribution in [3.63, 3.8) is 0 Å². The maximum absolute atomic E-state index is 11.9.